The third kappa shape index (κ3) is 2.96. The van der Waals surface area contributed by atoms with Crippen LogP contribution in [0.1, 0.15) is 16.7 Å². The van der Waals surface area contributed by atoms with Gasteiger partial charge in [-0.15, -0.1) is 0 Å². The molecule has 0 aliphatic rings. The van der Waals surface area contributed by atoms with Crippen LogP contribution in [0.5, 0.6) is 0 Å². The van der Waals surface area contributed by atoms with Gasteiger partial charge in [0.1, 0.15) is 0 Å². The zero-order valence-electron chi connectivity index (χ0n) is 12.2. The summed E-state index contributed by atoms with van der Waals surface area (Å²) in [5.74, 6) is 0. The molecule has 0 amide bonds. The Labute approximate surface area is 116 Å². The van der Waals surface area contributed by atoms with Crippen LogP contribution in [0.25, 0.3) is 0 Å². The molecule has 0 bridgehead atoms. The van der Waals surface area contributed by atoms with Gasteiger partial charge in [0, 0.05) is 25.0 Å². The van der Waals surface area contributed by atoms with Crippen LogP contribution in [0.15, 0.2) is 42.5 Å². The van der Waals surface area contributed by atoms with E-state index in [4.69, 9.17) is 0 Å². The van der Waals surface area contributed by atoms with Crippen LogP contribution in [0.2, 0.25) is 0 Å². The molecule has 19 heavy (non-hydrogen) atoms. The third-order valence-corrected chi connectivity index (χ3v) is 3.56. The molecule has 0 heterocycles. The minimum absolute atomic E-state index is 0.917. The average molecular weight is 254 g/mol. The number of hydrogen-bond donors (Lipinski definition) is 1. The van der Waals surface area contributed by atoms with Gasteiger partial charge in [-0.3, -0.25) is 0 Å². The summed E-state index contributed by atoms with van der Waals surface area (Å²) >= 11 is 0. The second kappa shape index (κ2) is 5.89. The van der Waals surface area contributed by atoms with Gasteiger partial charge in [-0.05, 0) is 55.8 Å². The second-order valence-electron chi connectivity index (χ2n) is 4.99. The first-order valence-electron chi connectivity index (χ1n) is 6.67. The molecule has 2 nitrogen and oxygen atoms in total. The lowest BCUT2D eigenvalue weighted by Gasteiger charge is -2.22. The van der Waals surface area contributed by atoms with Gasteiger partial charge in [-0.25, -0.2) is 0 Å². The molecule has 0 fully saturated rings. The molecule has 0 atom stereocenters. The summed E-state index contributed by atoms with van der Waals surface area (Å²) in [6.45, 7) is 5.23. The predicted molar refractivity (Wildman–Crippen MR) is 83.2 cm³/mol. The van der Waals surface area contributed by atoms with Crippen molar-refractivity contribution in [3.63, 3.8) is 0 Å². The van der Waals surface area contributed by atoms with Crippen molar-refractivity contribution in [1.29, 1.82) is 0 Å². The van der Waals surface area contributed by atoms with Crippen molar-refractivity contribution in [2.75, 3.05) is 19.0 Å². The van der Waals surface area contributed by atoms with Crippen LogP contribution in [-0.2, 0) is 6.54 Å². The molecule has 0 saturated heterocycles. The Morgan fingerprint density at radius 2 is 1.74 bits per heavy atom. The van der Waals surface area contributed by atoms with Gasteiger partial charge in [-0.2, -0.15) is 0 Å². The van der Waals surface area contributed by atoms with E-state index in [1.165, 1.54) is 28.1 Å². The first-order chi connectivity index (χ1) is 9.13. The number of rotatable bonds is 4. The highest BCUT2D eigenvalue weighted by Gasteiger charge is 2.07. The van der Waals surface area contributed by atoms with E-state index < -0.39 is 0 Å². The van der Waals surface area contributed by atoms with Crippen LogP contribution in [0.3, 0.4) is 0 Å². The van der Waals surface area contributed by atoms with Gasteiger partial charge in [0.25, 0.3) is 0 Å². The second-order valence-corrected chi connectivity index (χ2v) is 4.99. The topological polar surface area (TPSA) is 15.3 Å². The number of anilines is 2. The van der Waals surface area contributed by atoms with Crippen LogP contribution in [0, 0.1) is 13.8 Å². The largest absolute Gasteiger partial charge is 0.344 e. The summed E-state index contributed by atoms with van der Waals surface area (Å²) < 4.78 is 0. The Balaban J connectivity index is 2.32. The minimum Gasteiger partial charge on any atom is -0.344 e. The summed E-state index contributed by atoms with van der Waals surface area (Å²) in [7, 11) is 4.10. The van der Waals surface area contributed by atoms with Crippen molar-refractivity contribution >= 4 is 11.4 Å². The van der Waals surface area contributed by atoms with E-state index in [0.29, 0.717) is 0 Å². The van der Waals surface area contributed by atoms with Crippen molar-refractivity contribution in [2.45, 2.75) is 20.4 Å². The SMILES string of the molecule is CNCc1ccc(N(C)c2ccccc2C)cc1C. The molecule has 0 unspecified atom stereocenters. The molecule has 100 valence electrons. The van der Waals surface area contributed by atoms with Crippen molar-refractivity contribution < 1.29 is 0 Å². The van der Waals surface area contributed by atoms with E-state index in [9.17, 15) is 0 Å². The predicted octanol–water partition coefficient (Wildman–Crippen LogP) is 3.79. The highest BCUT2D eigenvalue weighted by Crippen LogP contribution is 2.27. The van der Waals surface area contributed by atoms with E-state index >= 15 is 0 Å². The molecular weight excluding hydrogens is 232 g/mol. The Kier molecular flexibility index (Phi) is 4.23. The molecule has 0 aliphatic carbocycles. The molecule has 2 rings (SSSR count). The normalized spacial score (nSPS) is 10.5. The van der Waals surface area contributed by atoms with E-state index in [-0.39, 0.29) is 0 Å². The number of nitrogens with one attached hydrogen (secondary N) is 1. The summed E-state index contributed by atoms with van der Waals surface area (Å²) in [4.78, 5) is 2.24. The fourth-order valence-corrected chi connectivity index (χ4v) is 2.36. The molecule has 0 aromatic heterocycles. The maximum Gasteiger partial charge on any atom is 0.0437 e. The Hall–Kier alpha value is -1.80. The highest BCUT2D eigenvalue weighted by molar-refractivity contribution is 5.66. The fraction of sp³-hybridized carbons (Fsp3) is 0.294. The summed E-state index contributed by atoms with van der Waals surface area (Å²) in [6, 6.07) is 15.1. The van der Waals surface area contributed by atoms with Crippen molar-refractivity contribution in [3.05, 3.63) is 59.2 Å². The molecule has 0 radical (unpaired) electrons. The summed E-state index contributed by atoms with van der Waals surface area (Å²) in [5.41, 5.74) is 6.45. The Morgan fingerprint density at radius 3 is 2.37 bits per heavy atom. The lowest BCUT2D eigenvalue weighted by atomic mass is 10.1. The number of aryl methyl sites for hydroxylation is 2. The molecule has 1 N–H and O–H groups in total. The molecule has 0 spiro atoms. The van der Waals surface area contributed by atoms with E-state index in [2.05, 4.69) is 73.6 Å². The van der Waals surface area contributed by atoms with Crippen LogP contribution in [0.4, 0.5) is 11.4 Å². The lowest BCUT2D eigenvalue weighted by molar-refractivity contribution is 0.812. The molecule has 0 aliphatic heterocycles. The Morgan fingerprint density at radius 1 is 1.00 bits per heavy atom. The van der Waals surface area contributed by atoms with E-state index in [1.54, 1.807) is 0 Å². The number of nitrogens with zero attached hydrogens (tertiary/aromatic N) is 1. The number of benzene rings is 2. The molecule has 2 heteroatoms. The molecule has 2 aromatic carbocycles. The standard InChI is InChI=1S/C17H22N2/c1-13-7-5-6-8-17(13)19(4)16-10-9-15(12-18-3)14(2)11-16/h5-11,18H,12H2,1-4H3. The molecular formula is C17H22N2. The smallest absolute Gasteiger partial charge is 0.0437 e. The van der Waals surface area contributed by atoms with Crippen LogP contribution >= 0.6 is 0 Å². The number of para-hydroxylation sites is 1. The fourth-order valence-electron chi connectivity index (χ4n) is 2.36. The Bertz CT molecular complexity index is 561. The van der Waals surface area contributed by atoms with Gasteiger partial charge in [0.15, 0.2) is 0 Å². The van der Waals surface area contributed by atoms with Crippen molar-refractivity contribution in [2.24, 2.45) is 0 Å². The van der Waals surface area contributed by atoms with Gasteiger partial charge >= 0.3 is 0 Å². The van der Waals surface area contributed by atoms with Crippen LogP contribution < -0.4 is 10.2 Å². The maximum absolute atomic E-state index is 3.20. The zero-order chi connectivity index (χ0) is 13.8. The van der Waals surface area contributed by atoms with Gasteiger partial charge in [-0.1, -0.05) is 24.3 Å². The maximum atomic E-state index is 3.20. The molecule has 0 saturated carbocycles. The third-order valence-electron chi connectivity index (χ3n) is 3.56. The summed E-state index contributed by atoms with van der Waals surface area (Å²) in [5, 5.41) is 3.20. The molecule has 2 aromatic rings. The minimum atomic E-state index is 0.917. The van der Waals surface area contributed by atoms with Crippen LogP contribution in [-0.4, -0.2) is 14.1 Å². The lowest BCUT2D eigenvalue weighted by Crippen LogP contribution is -2.12. The van der Waals surface area contributed by atoms with E-state index in [1.807, 2.05) is 7.05 Å². The first-order valence-corrected chi connectivity index (χ1v) is 6.67. The average Bonchev–Trinajstić information content (AvgIpc) is 2.41. The van der Waals surface area contributed by atoms with Gasteiger partial charge in [0.05, 0.1) is 0 Å². The van der Waals surface area contributed by atoms with Gasteiger partial charge in [0.2, 0.25) is 0 Å². The van der Waals surface area contributed by atoms with Crippen molar-refractivity contribution in [3.8, 4) is 0 Å². The monoisotopic (exact) mass is 254 g/mol. The highest BCUT2D eigenvalue weighted by atomic mass is 15.1. The summed E-state index contributed by atoms with van der Waals surface area (Å²) in [6.07, 6.45) is 0. The zero-order valence-corrected chi connectivity index (χ0v) is 12.2. The van der Waals surface area contributed by atoms with Gasteiger partial charge < -0.3 is 10.2 Å². The van der Waals surface area contributed by atoms with E-state index in [0.717, 1.165) is 6.54 Å². The quantitative estimate of drug-likeness (QED) is 0.893. The van der Waals surface area contributed by atoms with Crippen molar-refractivity contribution in [1.82, 2.24) is 5.32 Å². The number of hydrogen-bond acceptors (Lipinski definition) is 2. The first kappa shape index (κ1) is 13.6.